The zero-order chi connectivity index (χ0) is 24.6. The Morgan fingerprint density at radius 2 is 1.72 bits per heavy atom. The lowest BCUT2D eigenvalue weighted by molar-refractivity contribution is 0.0690. The van der Waals surface area contributed by atoms with E-state index in [0.29, 0.717) is 29.0 Å². The van der Waals surface area contributed by atoms with Crippen LogP contribution < -0.4 is 16.2 Å². The molecule has 0 radical (unpaired) electrons. The highest BCUT2D eigenvalue weighted by Crippen LogP contribution is 2.38. The molecule has 0 spiro atoms. The van der Waals surface area contributed by atoms with E-state index in [4.69, 9.17) is 5.73 Å². The van der Waals surface area contributed by atoms with Crippen molar-refractivity contribution < 1.29 is 4.79 Å². The molecule has 0 saturated carbocycles. The molecule has 6 nitrogen and oxygen atoms in total. The number of carbonyl (C=O) groups is 1. The van der Waals surface area contributed by atoms with Gasteiger partial charge in [0.15, 0.2) is 0 Å². The van der Waals surface area contributed by atoms with Gasteiger partial charge in [0, 0.05) is 56.0 Å². The Morgan fingerprint density at radius 3 is 2.50 bits per heavy atom. The van der Waals surface area contributed by atoms with Crippen LogP contribution in [0.15, 0.2) is 71.5 Å². The van der Waals surface area contributed by atoms with Crippen LogP contribution in [-0.4, -0.2) is 41.6 Å². The number of amides is 1. The molecule has 1 aromatic heterocycles. The van der Waals surface area contributed by atoms with Crippen LogP contribution in [0, 0.1) is 11.8 Å². The SMILES string of the molecule is Nc1cc(C(=O)N2CCC(Cc3ccccc3)CC2)ccc1N1CC2CC(C1)c1cccc(=O)n1C2. The van der Waals surface area contributed by atoms with Crippen molar-refractivity contribution >= 4 is 17.3 Å². The fourth-order valence-electron chi connectivity index (χ4n) is 6.54. The fourth-order valence-corrected chi connectivity index (χ4v) is 6.54. The number of hydrogen-bond donors (Lipinski definition) is 1. The molecule has 2 saturated heterocycles. The highest BCUT2D eigenvalue weighted by atomic mass is 16.2. The summed E-state index contributed by atoms with van der Waals surface area (Å²) < 4.78 is 1.95. The predicted octanol–water partition coefficient (Wildman–Crippen LogP) is 4.15. The molecule has 4 heterocycles. The van der Waals surface area contributed by atoms with Crippen LogP contribution in [0.2, 0.25) is 0 Å². The van der Waals surface area contributed by atoms with E-state index in [-0.39, 0.29) is 11.5 Å². The van der Waals surface area contributed by atoms with Crippen LogP contribution in [0.1, 0.15) is 46.8 Å². The summed E-state index contributed by atoms with van der Waals surface area (Å²) in [7, 11) is 0. The number of nitrogens with zero attached hydrogens (tertiary/aromatic N) is 3. The molecule has 2 N–H and O–H groups in total. The van der Waals surface area contributed by atoms with Crippen molar-refractivity contribution in [2.75, 3.05) is 36.8 Å². The summed E-state index contributed by atoms with van der Waals surface area (Å²) in [5.74, 6) is 1.46. The minimum atomic E-state index is 0.0789. The number of fused-ring (bicyclic) bond motifs is 4. The standard InChI is InChI=1S/C30H34N4O2/c31-26-17-24(30(36)32-13-11-22(12-14-32)15-21-5-2-1-3-6-21)9-10-28(26)33-18-23-16-25(20-33)27-7-4-8-29(35)34(27)19-23/h1-10,17,22-23,25H,11-16,18-20,31H2. The molecule has 6 rings (SSSR count). The van der Waals surface area contributed by atoms with Crippen molar-refractivity contribution in [3.8, 4) is 0 Å². The number of nitrogen functional groups attached to an aromatic ring is 1. The van der Waals surface area contributed by atoms with Gasteiger partial charge in [-0.3, -0.25) is 9.59 Å². The largest absolute Gasteiger partial charge is 0.397 e. The molecular weight excluding hydrogens is 448 g/mol. The number of hydrogen-bond acceptors (Lipinski definition) is 4. The van der Waals surface area contributed by atoms with E-state index in [1.54, 1.807) is 6.07 Å². The normalized spacial score (nSPS) is 21.8. The zero-order valence-corrected chi connectivity index (χ0v) is 20.7. The Bertz CT molecular complexity index is 1310. The number of carbonyl (C=O) groups excluding carboxylic acids is 1. The first-order valence-corrected chi connectivity index (χ1v) is 13.2. The summed E-state index contributed by atoms with van der Waals surface area (Å²) in [5.41, 5.74) is 11.5. The average Bonchev–Trinajstić information content (AvgIpc) is 2.90. The zero-order valence-electron chi connectivity index (χ0n) is 20.7. The summed E-state index contributed by atoms with van der Waals surface area (Å²) in [6.45, 7) is 4.08. The molecule has 3 aromatic rings. The quantitative estimate of drug-likeness (QED) is 0.567. The van der Waals surface area contributed by atoms with Gasteiger partial charge in [0.05, 0.1) is 11.4 Å². The second-order valence-electron chi connectivity index (χ2n) is 10.8. The number of likely N-dealkylation sites (tertiary alicyclic amines) is 1. The van der Waals surface area contributed by atoms with Gasteiger partial charge in [-0.25, -0.2) is 0 Å². The van der Waals surface area contributed by atoms with Gasteiger partial charge < -0.3 is 20.1 Å². The van der Waals surface area contributed by atoms with E-state index >= 15 is 0 Å². The maximum absolute atomic E-state index is 13.3. The number of nitrogens with two attached hydrogens (primary N) is 1. The van der Waals surface area contributed by atoms with Gasteiger partial charge in [-0.05, 0) is 67.3 Å². The molecule has 0 aliphatic carbocycles. The van der Waals surface area contributed by atoms with Crippen molar-refractivity contribution in [2.24, 2.45) is 11.8 Å². The molecule has 2 atom stereocenters. The number of rotatable bonds is 4. The Hall–Kier alpha value is -3.54. The van der Waals surface area contributed by atoms with Crippen LogP contribution in [0.3, 0.4) is 0 Å². The van der Waals surface area contributed by atoms with Crippen LogP contribution in [0.5, 0.6) is 0 Å². The van der Waals surface area contributed by atoms with E-state index < -0.39 is 0 Å². The highest BCUT2D eigenvalue weighted by Gasteiger charge is 2.35. The Balaban J connectivity index is 1.11. The highest BCUT2D eigenvalue weighted by molar-refractivity contribution is 5.96. The number of benzene rings is 2. The van der Waals surface area contributed by atoms with Crippen molar-refractivity contribution in [3.05, 3.63) is 93.9 Å². The lowest BCUT2D eigenvalue weighted by Gasteiger charge is -2.44. The van der Waals surface area contributed by atoms with Crippen molar-refractivity contribution in [1.29, 1.82) is 0 Å². The Morgan fingerprint density at radius 1 is 0.917 bits per heavy atom. The lowest BCUT2D eigenvalue weighted by atomic mass is 9.83. The van der Waals surface area contributed by atoms with Crippen molar-refractivity contribution in [2.45, 2.75) is 38.1 Å². The number of pyridine rings is 1. The minimum absolute atomic E-state index is 0.0789. The third kappa shape index (κ3) is 4.41. The van der Waals surface area contributed by atoms with Gasteiger partial charge in [-0.15, -0.1) is 0 Å². The van der Waals surface area contributed by atoms with Crippen LogP contribution in [-0.2, 0) is 13.0 Å². The molecule has 2 fully saturated rings. The molecule has 3 aliphatic rings. The summed E-state index contributed by atoms with van der Waals surface area (Å²) >= 11 is 0. The monoisotopic (exact) mass is 482 g/mol. The van der Waals surface area contributed by atoms with Gasteiger partial charge in [0.1, 0.15) is 0 Å². The first kappa shape index (κ1) is 22.9. The summed E-state index contributed by atoms with van der Waals surface area (Å²) in [4.78, 5) is 29.9. The summed E-state index contributed by atoms with van der Waals surface area (Å²) in [6.07, 6.45) is 4.27. The van der Waals surface area contributed by atoms with Gasteiger partial charge in [0.25, 0.3) is 11.5 Å². The molecule has 2 bridgehead atoms. The number of aromatic nitrogens is 1. The smallest absolute Gasteiger partial charge is 0.253 e. The first-order valence-electron chi connectivity index (χ1n) is 13.2. The number of piperidine rings is 2. The molecule has 6 heteroatoms. The lowest BCUT2D eigenvalue weighted by Crippen LogP contribution is -2.47. The van der Waals surface area contributed by atoms with E-state index in [1.807, 2.05) is 33.7 Å². The second-order valence-corrected chi connectivity index (χ2v) is 10.8. The summed E-state index contributed by atoms with van der Waals surface area (Å²) in [5, 5.41) is 0. The minimum Gasteiger partial charge on any atom is -0.397 e. The Labute approximate surface area is 212 Å². The van der Waals surface area contributed by atoms with Crippen molar-refractivity contribution in [3.63, 3.8) is 0 Å². The Kier molecular flexibility index (Phi) is 6.04. The molecule has 2 aromatic carbocycles. The molecule has 36 heavy (non-hydrogen) atoms. The second kappa shape index (κ2) is 9.49. The van der Waals surface area contributed by atoms with E-state index in [1.165, 1.54) is 5.56 Å². The first-order chi connectivity index (χ1) is 17.5. The third-order valence-electron chi connectivity index (χ3n) is 8.36. The summed E-state index contributed by atoms with van der Waals surface area (Å²) in [6, 6.07) is 22.0. The molecule has 1 amide bonds. The maximum atomic E-state index is 13.3. The van der Waals surface area contributed by atoms with Crippen LogP contribution in [0.25, 0.3) is 0 Å². The fraction of sp³-hybridized carbons (Fsp3) is 0.400. The molecular formula is C30H34N4O2. The maximum Gasteiger partial charge on any atom is 0.253 e. The van der Waals surface area contributed by atoms with E-state index in [0.717, 1.165) is 69.8 Å². The molecule has 186 valence electrons. The van der Waals surface area contributed by atoms with Crippen LogP contribution >= 0.6 is 0 Å². The van der Waals surface area contributed by atoms with Crippen LogP contribution in [0.4, 0.5) is 11.4 Å². The van der Waals surface area contributed by atoms with Gasteiger partial charge in [-0.1, -0.05) is 36.4 Å². The van der Waals surface area contributed by atoms with Gasteiger partial charge in [0.2, 0.25) is 0 Å². The third-order valence-corrected chi connectivity index (χ3v) is 8.36. The van der Waals surface area contributed by atoms with E-state index in [9.17, 15) is 9.59 Å². The van der Waals surface area contributed by atoms with E-state index in [2.05, 4.69) is 41.3 Å². The number of anilines is 2. The average molecular weight is 483 g/mol. The molecule has 2 unspecified atom stereocenters. The predicted molar refractivity (Wildman–Crippen MR) is 143 cm³/mol. The van der Waals surface area contributed by atoms with Gasteiger partial charge in [-0.2, -0.15) is 0 Å². The topological polar surface area (TPSA) is 71.6 Å². The van der Waals surface area contributed by atoms with Crippen molar-refractivity contribution in [1.82, 2.24) is 9.47 Å². The molecule has 3 aliphatic heterocycles. The van der Waals surface area contributed by atoms with Gasteiger partial charge >= 0.3 is 0 Å².